The standard InChI is InChI=1S/C44H28/c1-4-19-32-29(13-1)16-9-24-35(32)38-27-12-28-41-42(36-25-10-17-30-14-2-5-20-33(30)36)39-22-7-8-23-40(39)43(44(38)41)37-26-11-18-31-15-3-6-21-34(31)37/h1-28H/i2D,3D,5D,6D,7D,8D,10D,11D,12D,14D,15D,17D,18D,20D,21D,22D,23D,25D,26D,27D,28D. The van der Waals surface area contributed by atoms with Gasteiger partial charge in [0, 0.05) is 0 Å². The van der Waals surface area contributed by atoms with E-state index in [1.165, 1.54) is 0 Å². The first kappa shape index (κ1) is 11.8. The maximum atomic E-state index is 9.74. The van der Waals surface area contributed by atoms with Gasteiger partial charge in [-0.15, -0.1) is 0 Å². The molecule has 44 heavy (non-hydrogen) atoms. The highest BCUT2D eigenvalue weighted by Gasteiger charge is 2.22. The summed E-state index contributed by atoms with van der Waals surface area (Å²) in [5, 5.41) is -3.03. The zero-order valence-electron chi connectivity index (χ0n) is 43.5. The Balaban J connectivity index is 1.78. The van der Waals surface area contributed by atoms with Gasteiger partial charge in [0.2, 0.25) is 0 Å². The second-order valence-electron chi connectivity index (χ2n) is 10.0. The summed E-state index contributed by atoms with van der Waals surface area (Å²) < 4.78 is 191. The normalized spacial score (nSPS) is 18.3. The second-order valence-corrected chi connectivity index (χ2v) is 10.0. The Morgan fingerprint density at radius 2 is 0.795 bits per heavy atom. The van der Waals surface area contributed by atoms with Gasteiger partial charge in [0.15, 0.2) is 0 Å². The lowest BCUT2D eigenvalue weighted by atomic mass is 9.81. The van der Waals surface area contributed by atoms with Crippen molar-refractivity contribution in [2.24, 2.45) is 0 Å². The van der Waals surface area contributed by atoms with Crippen molar-refractivity contribution in [2.75, 3.05) is 0 Å². The predicted octanol–water partition coefficient (Wildman–Crippen LogP) is 12.5. The molecular formula is C44H28. The third-order valence-corrected chi connectivity index (χ3v) is 7.75. The summed E-state index contributed by atoms with van der Waals surface area (Å²) in [6.45, 7) is 0. The van der Waals surface area contributed by atoms with Gasteiger partial charge in [0.25, 0.3) is 0 Å². The number of hydrogen-bond acceptors (Lipinski definition) is 0. The van der Waals surface area contributed by atoms with Crippen molar-refractivity contribution in [3.8, 4) is 33.4 Å². The maximum absolute atomic E-state index is 9.74. The van der Waals surface area contributed by atoms with E-state index in [0.29, 0.717) is 10.8 Å². The van der Waals surface area contributed by atoms with Gasteiger partial charge in [0.1, 0.15) is 0 Å². The molecule has 0 aromatic heterocycles. The molecule has 0 unspecified atom stereocenters. The van der Waals surface area contributed by atoms with Crippen LogP contribution in [0.4, 0.5) is 0 Å². The fourth-order valence-corrected chi connectivity index (χ4v) is 5.93. The summed E-state index contributed by atoms with van der Waals surface area (Å²) in [5.41, 5.74) is -2.15. The van der Waals surface area contributed by atoms with Crippen molar-refractivity contribution in [1.29, 1.82) is 0 Å². The topological polar surface area (TPSA) is 0 Å². The molecular weight excluding hydrogens is 528 g/mol. The van der Waals surface area contributed by atoms with Gasteiger partial charge in [0.05, 0.1) is 28.8 Å². The molecule has 0 heterocycles. The molecule has 204 valence electrons. The Morgan fingerprint density at radius 3 is 1.52 bits per heavy atom. The van der Waals surface area contributed by atoms with Gasteiger partial charge >= 0.3 is 0 Å². The minimum absolute atomic E-state index is 0.195. The Bertz CT molecular complexity index is 3710. The van der Waals surface area contributed by atoms with Crippen molar-refractivity contribution in [3.63, 3.8) is 0 Å². The van der Waals surface area contributed by atoms with Crippen LogP contribution < -0.4 is 0 Å². The average Bonchev–Trinajstić information content (AvgIpc) is 3.29. The van der Waals surface area contributed by atoms with E-state index in [9.17, 15) is 11.0 Å². The van der Waals surface area contributed by atoms with E-state index in [1.807, 2.05) is 0 Å². The van der Waals surface area contributed by atoms with Crippen LogP contribution in [0.2, 0.25) is 0 Å². The van der Waals surface area contributed by atoms with Crippen LogP contribution in [0.15, 0.2) is 169 Å². The molecule has 0 aliphatic rings. The monoisotopic (exact) mass is 577 g/mol. The molecule has 0 saturated carbocycles. The Hall–Kier alpha value is -5.72. The van der Waals surface area contributed by atoms with Crippen LogP contribution in [0.1, 0.15) is 28.8 Å². The quantitative estimate of drug-likeness (QED) is 0.183. The van der Waals surface area contributed by atoms with Crippen molar-refractivity contribution in [1.82, 2.24) is 0 Å². The van der Waals surface area contributed by atoms with Gasteiger partial charge < -0.3 is 0 Å². The van der Waals surface area contributed by atoms with E-state index < -0.39 is 187 Å². The van der Waals surface area contributed by atoms with Gasteiger partial charge in [-0.25, -0.2) is 0 Å². The molecule has 9 aromatic carbocycles. The van der Waals surface area contributed by atoms with Crippen LogP contribution in [0.3, 0.4) is 0 Å². The number of hydrogen-bond donors (Lipinski definition) is 0. The minimum Gasteiger partial charge on any atom is -0.0616 e. The average molecular weight is 578 g/mol. The third-order valence-electron chi connectivity index (χ3n) is 7.75. The Morgan fingerprint density at radius 1 is 0.295 bits per heavy atom. The van der Waals surface area contributed by atoms with Crippen LogP contribution in [0.25, 0.3) is 87.2 Å². The highest BCUT2D eigenvalue weighted by molar-refractivity contribution is 6.28. The van der Waals surface area contributed by atoms with Crippen LogP contribution in [-0.2, 0) is 0 Å². The van der Waals surface area contributed by atoms with E-state index in [-0.39, 0.29) is 16.5 Å². The van der Waals surface area contributed by atoms with E-state index in [4.69, 9.17) is 17.8 Å². The van der Waals surface area contributed by atoms with E-state index in [0.717, 1.165) is 0 Å². The lowest BCUT2D eigenvalue weighted by Crippen LogP contribution is -1.94. The summed E-state index contributed by atoms with van der Waals surface area (Å²) in [5.74, 6) is 0. The van der Waals surface area contributed by atoms with Gasteiger partial charge in [-0.2, -0.15) is 0 Å². The highest BCUT2D eigenvalue weighted by atomic mass is 14.2. The van der Waals surface area contributed by atoms with Crippen LogP contribution in [-0.4, -0.2) is 0 Å². The van der Waals surface area contributed by atoms with Gasteiger partial charge in [-0.3, -0.25) is 0 Å². The molecule has 9 aromatic rings. The largest absolute Gasteiger partial charge is 0.0629 e. The smallest absolute Gasteiger partial charge is 0.0616 e. The minimum atomic E-state index is -0.889. The summed E-state index contributed by atoms with van der Waals surface area (Å²) >= 11 is 0. The summed E-state index contributed by atoms with van der Waals surface area (Å²) in [6.07, 6.45) is 0. The number of fused-ring (bicyclic) bond motifs is 5. The molecule has 0 N–H and O–H groups in total. The number of rotatable bonds is 3. The summed E-state index contributed by atoms with van der Waals surface area (Å²) in [7, 11) is 0. The van der Waals surface area contributed by atoms with Crippen molar-refractivity contribution >= 4 is 53.9 Å². The Kier molecular flexibility index (Phi) is 2.65. The zero-order valence-corrected chi connectivity index (χ0v) is 22.5. The van der Waals surface area contributed by atoms with E-state index in [1.54, 1.807) is 42.5 Å². The van der Waals surface area contributed by atoms with Crippen molar-refractivity contribution in [2.45, 2.75) is 0 Å². The molecule has 0 amide bonds. The molecule has 9 rings (SSSR count). The maximum Gasteiger partial charge on any atom is 0.0629 e. The van der Waals surface area contributed by atoms with Crippen molar-refractivity contribution < 1.29 is 28.8 Å². The molecule has 0 radical (unpaired) electrons. The molecule has 0 atom stereocenters. The SMILES string of the molecule is [2H]c1c([2H])c([2H])c2c(-c3c4c([2H])c([2H])c([2H])c([2H])c4c(-c4c([2H])c([2H])c([2H])c5c([2H])c([2H])c([2H])c([2H])c45)c4c(-c5cccc6ccccc56)c([2H])c([2H])c([2H])c34)c([2H])c([2H])c([2H])c2c1[2H]. The second kappa shape index (κ2) is 9.93. The highest BCUT2D eigenvalue weighted by Crippen LogP contribution is 2.49. The molecule has 0 bridgehead atoms. The molecule has 0 aliphatic heterocycles. The lowest BCUT2D eigenvalue weighted by molar-refractivity contribution is 1.66. The van der Waals surface area contributed by atoms with Gasteiger partial charge in [-0.1, -0.05) is 169 Å². The Labute approximate surface area is 286 Å². The first-order valence-corrected chi connectivity index (χ1v) is 13.6. The summed E-state index contributed by atoms with van der Waals surface area (Å²) in [4.78, 5) is 0. The lowest BCUT2D eigenvalue weighted by Gasteiger charge is -2.22. The summed E-state index contributed by atoms with van der Waals surface area (Å²) in [6, 6.07) is -5.28. The van der Waals surface area contributed by atoms with Crippen LogP contribution >= 0.6 is 0 Å². The number of benzene rings is 9. The molecule has 0 spiro atoms. The molecule has 0 heteroatoms. The van der Waals surface area contributed by atoms with E-state index in [2.05, 4.69) is 0 Å². The first-order valence-electron chi connectivity index (χ1n) is 24.1. The first-order chi connectivity index (χ1) is 30.6. The molecule has 0 aliphatic carbocycles. The molecule has 0 saturated heterocycles. The zero-order chi connectivity index (χ0) is 47.3. The molecule has 0 fully saturated rings. The van der Waals surface area contributed by atoms with Crippen LogP contribution in [0, 0.1) is 0 Å². The van der Waals surface area contributed by atoms with Crippen molar-refractivity contribution in [3.05, 3.63) is 169 Å². The fraction of sp³-hybridized carbons (Fsp3) is 0. The van der Waals surface area contributed by atoms with Crippen LogP contribution in [0.5, 0.6) is 0 Å². The van der Waals surface area contributed by atoms with E-state index >= 15 is 0 Å². The van der Waals surface area contributed by atoms with Gasteiger partial charge in [-0.05, 0) is 87.2 Å². The predicted molar refractivity (Wildman–Crippen MR) is 190 cm³/mol. The third kappa shape index (κ3) is 3.71. The molecule has 0 nitrogen and oxygen atoms in total. The fourth-order valence-electron chi connectivity index (χ4n) is 5.93.